The minimum atomic E-state index is -0.0495. The highest BCUT2D eigenvalue weighted by atomic mass is 35.5. The highest BCUT2D eigenvalue weighted by molar-refractivity contribution is 6.29. The maximum Gasteiger partial charge on any atom is 0.225 e. The molecule has 1 saturated carbocycles. The number of rotatable bonds is 5. The van der Waals surface area contributed by atoms with Crippen molar-refractivity contribution in [2.24, 2.45) is 5.92 Å². The third-order valence-corrected chi connectivity index (χ3v) is 3.12. The molecule has 0 bridgehead atoms. The first-order chi connectivity index (χ1) is 8.67. The molecule has 1 N–H and O–H groups in total. The molecule has 0 spiro atoms. The number of hydrogen-bond acceptors (Lipinski definition) is 4. The predicted octanol–water partition coefficient (Wildman–Crippen LogP) is 2.27. The first-order valence-corrected chi connectivity index (χ1v) is 6.44. The number of ether oxygens (including phenoxy) is 1. The van der Waals surface area contributed by atoms with Gasteiger partial charge in [-0.2, -0.15) is 0 Å². The largest absolute Gasteiger partial charge is 0.378 e. The molecule has 1 aromatic rings. The summed E-state index contributed by atoms with van der Waals surface area (Å²) in [5.74, 6) is 0.758. The Kier molecular flexibility index (Phi) is 4.49. The summed E-state index contributed by atoms with van der Waals surface area (Å²) in [7, 11) is 0. The molecule has 1 aromatic heterocycles. The van der Waals surface area contributed by atoms with Crippen LogP contribution >= 0.6 is 11.6 Å². The molecule has 0 unspecified atom stereocenters. The van der Waals surface area contributed by atoms with Crippen LogP contribution in [0.5, 0.6) is 0 Å². The summed E-state index contributed by atoms with van der Waals surface area (Å²) in [6.07, 6.45) is 5.66. The fraction of sp³-hybridized carbons (Fsp3) is 0.583. The van der Waals surface area contributed by atoms with Crippen LogP contribution in [0.15, 0.2) is 12.4 Å². The number of carbonyl (C=O) groups excluding carboxylic acids is 1. The van der Waals surface area contributed by atoms with Crippen LogP contribution in [0.4, 0.5) is 5.82 Å². The topological polar surface area (TPSA) is 64.1 Å². The molecule has 6 heteroatoms. The van der Waals surface area contributed by atoms with Crippen LogP contribution in [0, 0.1) is 5.92 Å². The van der Waals surface area contributed by atoms with E-state index in [0.29, 0.717) is 24.3 Å². The Morgan fingerprint density at radius 2 is 2.33 bits per heavy atom. The Morgan fingerprint density at radius 1 is 1.56 bits per heavy atom. The van der Waals surface area contributed by atoms with Crippen LogP contribution in [0.3, 0.4) is 0 Å². The van der Waals surface area contributed by atoms with Crippen molar-refractivity contribution in [2.75, 3.05) is 11.9 Å². The van der Waals surface area contributed by atoms with Gasteiger partial charge in [0.2, 0.25) is 5.91 Å². The molecule has 0 aromatic carbocycles. The maximum atomic E-state index is 11.7. The molecular weight excluding hydrogens is 254 g/mol. The smallest absolute Gasteiger partial charge is 0.225 e. The Labute approximate surface area is 111 Å². The van der Waals surface area contributed by atoms with Gasteiger partial charge in [-0.25, -0.2) is 4.98 Å². The third kappa shape index (κ3) is 3.65. The molecule has 0 aliphatic heterocycles. The molecular formula is C12H16ClN3O2. The molecule has 1 heterocycles. The van der Waals surface area contributed by atoms with E-state index in [0.717, 1.165) is 19.4 Å². The summed E-state index contributed by atoms with van der Waals surface area (Å²) < 4.78 is 5.45. The summed E-state index contributed by atoms with van der Waals surface area (Å²) in [6.45, 7) is 2.72. The molecule has 98 valence electrons. The quantitative estimate of drug-likeness (QED) is 0.891. The average molecular weight is 270 g/mol. The molecule has 5 nitrogen and oxygen atoms in total. The normalized spacial score (nSPS) is 22.3. The molecule has 0 atom stereocenters. The van der Waals surface area contributed by atoms with E-state index in [1.165, 1.54) is 12.4 Å². The van der Waals surface area contributed by atoms with E-state index in [1.54, 1.807) is 0 Å². The lowest BCUT2D eigenvalue weighted by atomic mass is 9.80. The third-order valence-electron chi connectivity index (χ3n) is 2.94. The highest BCUT2D eigenvalue weighted by Gasteiger charge is 2.31. The molecule has 1 amide bonds. The van der Waals surface area contributed by atoms with E-state index < -0.39 is 0 Å². The Morgan fingerprint density at radius 3 is 3.00 bits per heavy atom. The van der Waals surface area contributed by atoms with Gasteiger partial charge in [-0.15, -0.1) is 0 Å². The van der Waals surface area contributed by atoms with Gasteiger partial charge in [-0.1, -0.05) is 11.6 Å². The van der Waals surface area contributed by atoms with Gasteiger partial charge in [-0.05, 0) is 25.7 Å². The Hall–Kier alpha value is -1.20. The summed E-state index contributed by atoms with van der Waals surface area (Å²) in [5, 5.41) is 2.96. The lowest BCUT2D eigenvalue weighted by molar-refractivity contribution is -0.119. The summed E-state index contributed by atoms with van der Waals surface area (Å²) in [5.41, 5.74) is 0. The lowest BCUT2D eigenvalue weighted by Crippen LogP contribution is -2.34. The number of amides is 1. The Bertz CT molecular complexity index is 422. The van der Waals surface area contributed by atoms with E-state index in [1.807, 2.05) is 6.92 Å². The van der Waals surface area contributed by atoms with Crippen molar-refractivity contribution in [1.29, 1.82) is 0 Å². The standard InChI is InChI=1S/C12H16ClN3O2/c1-2-18-9-3-8(4-9)5-12(17)16-11-7-14-6-10(13)15-11/h6-9H,2-5H2,1H3,(H,15,16,17). The number of halogens is 1. The second kappa shape index (κ2) is 6.11. The van der Waals surface area contributed by atoms with E-state index in [-0.39, 0.29) is 11.1 Å². The number of anilines is 1. The van der Waals surface area contributed by atoms with Crippen molar-refractivity contribution in [3.63, 3.8) is 0 Å². The summed E-state index contributed by atoms with van der Waals surface area (Å²) in [6, 6.07) is 0. The van der Waals surface area contributed by atoms with Crippen molar-refractivity contribution in [3.8, 4) is 0 Å². The molecule has 2 rings (SSSR count). The SMILES string of the molecule is CCOC1CC(CC(=O)Nc2cncc(Cl)n2)C1. The zero-order valence-corrected chi connectivity index (χ0v) is 11.0. The minimum Gasteiger partial charge on any atom is -0.378 e. The number of aromatic nitrogens is 2. The van der Waals surface area contributed by atoms with Gasteiger partial charge < -0.3 is 10.1 Å². The highest BCUT2D eigenvalue weighted by Crippen LogP contribution is 2.32. The molecule has 18 heavy (non-hydrogen) atoms. The summed E-state index contributed by atoms with van der Waals surface area (Å²) >= 11 is 5.68. The van der Waals surface area contributed by atoms with Crippen molar-refractivity contribution in [3.05, 3.63) is 17.5 Å². The van der Waals surface area contributed by atoms with Gasteiger partial charge in [0, 0.05) is 13.0 Å². The first kappa shape index (κ1) is 13.2. The first-order valence-electron chi connectivity index (χ1n) is 6.06. The van der Waals surface area contributed by atoms with E-state index >= 15 is 0 Å². The maximum absolute atomic E-state index is 11.7. The van der Waals surface area contributed by atoms with E-state index in [2.05, 4.69) is 15.3 Å². The van der Waals surface area contributed by atoms with Crippen molar-refractivity contribution in [2.45, 2.75) is 32.3 Å². The van der Waals surface area contributed by atoms with Crippen LogP contribution in [0.1, 0.15) is 26.2 Å². The number of hydrogen-bond donors (Lipinski definition) is 1. The van der Waals surface area contributed by atoms with Crippen LogP contribution in [-0.2, 0) is 9.53 Å². The Balaban J connectivity index is 1.73. The summed E-state index contributed by atoms with van der Waals surface area (Å²) in [4.78, 5) is 19.5. The van der Waals surface area contributed by atoms with Crippen LogP contribution in [0.25, 0.3) is 0 Å². The zero-order chi connectivity index (χ0) is 13.0. The fourth-order valence-electron chi connectivity index (χ4n) is 2.07. The monoisotopic (exact) mass is 269 g/mol. The second-order valence-electron chi connectivity index (χ2n) is 4.39. The van der Waals surface area contributed by atoms with Gasteiger partial charge in [0.25, 0.3) is 0 Å². The predicted molar refractivity (Wildman–Crippen MR) is 68.4 cm³/mol. The molecule has 1 aliphatic rings. The van der Waals surface area contributed by atoms with Crippen molar-refractivity contribution in [1.82, 2.24) is 9.97 Å². The van der Waals surface area contributed by atoms with Gasteiger partial charge in [0.1, 0.15) is 5.15 Å². The second-order valence-corrected chi connectivity index (χ2v) is 4.78. The van der Waals surface area contributed by atoms with Crippen LogP contribution in [0.2, 0.25) is 5.15 Å². The van der Waals surface area contributed by atoms with Crippen molar-refractivity contribution >= 4 is 23.3 Å². The van der Waals surface area contributed by atoms with E-state index in [4.69, 9.17) is 16.3 Å². The van der Waals surface area contributed by atoms with Crippen LogP contribution in [-0.4, -0.2) is 28.6 Å². The van der Waals surface area contributed by atoms with Crippen LogP contribution < -0.4 is 5.32 Å². The molecule has 1 fully saturated rings. The molecule has 0 saturated heterocycles. The zero-order valence-electron chi connectivity index (χ0n) is 10.2. The van der Waals surface area contributed by atoms with Gasteiger partial charge in [-0.3, -0.25) is 9.78 Å². The van der Waals surface area contributed by atoms with Crippen molar-refractivity contribution < 1.29 is 9.53 Å². The lowest BCUT2D eigenvalue weighted by Gasteiger charge is -2.34. The minimum absolute atomic E-state index is 0.0495. The number of nitrogens with zero attached hydrogens (tertiary/aromatic N) is 2. The average Bonchev–Trinajstić information content (AvgIpc) is 2.26. The molecule has 0 radical (unpaired) electrons. The van der Waals surface area contributed by atoms with Gasteiger partial charge in [0.05, 0.1) is 18.5 Å². The number of carbonyl (C=O) groups is 1. The van der Waals surface area contributed by atoms with E-state index in [9.17, 15) is 4.79 Å². The van der Waals surface area contributed by atoms with Gasteiger partial charge >= 0.3 is 0 Å². The van der Waals surface area contributed by atoms with Gasteiger partial charge in [0.15, 0.2) is 5.82 Å². The number of nitrogens with one attached hydrogen (secondary N) is 1. The fourth-order valence-corrected chi connectivity index (χ4v) is 2.22. The molecule has 1 aliphatic carbocycles.